The lowest BCUT2D eigenvalue weighted by Gasteiger charge is -2.07. The van der Waals surface area contributed by atoms with E-state index in [4.69, 9.17) is 4.74 Å². The van der Waals surface area contributed by atoms with E-state index in [2.05, 4.69) is 10.0 Å². The molecule has 0 saturated carbocycles. The summed E-state index contributed by atoms with van der Waals surface area (Å²) in [5, 5.41) is 2.70. The summed E-state index contributed by atoms with van der Waals surface area (Å²) in [6, 6.07) is 13.4. The van der Waals surface area contributed by atoms with Gasteiger partial charge in [-0.2, -0.15) is 0 Å². The summed E-state index contributed by atoms with van der Waals surface area (Å²) in [5.41, 5.74) is 1.39. The normalized spacial score (nSPS) is 11.5. The summed E-state index contributed by atoms with van der Waals surface area (Å²) in [6.45, 7) is 2.41. The van der Waals surface area contributed by atoms with Crippen molar-refractivity contribution in [2.75, 3.05) is 19.0 Å². The van der Waals surface area contributed by atoms with Crippen LogP contribution in [0.5, 0.6) is 5.75 Å². The minimum atomic E-state index is -3.52. The molecule has 0 saturated heterocycles. The molecule has 0 heterocycles. The predicted molar refractivity (Wildman–Crippen MR) is 107 cm³/mol. The molecule has 0 unspecified atom stereocenters. The second-order valence-electron chi connectivity index (χ2n) is 5.87. The van der Waals surface area contributed by atoms with Crippen LogP contribution in [0.25, 0.3) is 6.08 Å². The van der Waals surface area contributed by atoms with Crippen molar-refractivity contribution >= 4 is 27.7 Å². The number of hydrogen-bond donors (Lipinski definition) is 2. The number of unbranched alkanes of at least 4 members (excludes halogenated alkanes) is 1. The van der Waals surface area contributed by atoms with Crippen LogP contribution in [0.15, 0.2) is 59.5 Å². The van der Waals surface area contributed by atoms with E-state index in [0.29, 0.717) is 12.2 Å². The molecule has 0 radical (unpaired) electrons. The molecule has 0 fully saturated rings. The van der Waals surface area contributed by atoms with Crippen LogP contribution in [0.2, 0.25) is 0 Å². The molecule has 1 amide bonds. The first-order valence-electron chi connectivity index (χ1n) is 8.67. The van der Waals surface area contributed by atoms with E-state index in [1.54, 1.807) is 25.3 Å². The zero-order chi connectivity index (χ0) is 19.7. The largest absolute Gasteiger partial charge is 0.497 e. The van der Waals surface area contributed by atoms with Crippen molar-refractivity contribution in [1.82, 2.24) is 4.72 Å². The van der Waals surface area contributed by atoms with E-state index < -0.39 is 10.0 Å². The van der Waals surface area contributed by atoms with E-state index >= 15 is 0 Å². The molecule has 6 nitrogen and oxygen atoms in total. The highest BCUT2D eigenvalue weighted by atomic mass is 32.2. The molecule has 0 aliphatic heterocycles. The van der Waals surface area contributed by atoms with Gasteiger partial charge >= 0.3 is 0 Å². The molecule has 0 aromatic heterocycles. The smallest absolute Gasteiger partial charge is 0.248 e. The zero-order valence-corrected chi connectivity index (χ0v) is 16.3. The van der Waals surface area contributed by atoms with Crippen LogP contribution in [0, 0.1) is 0 Å². The number of sulfonamides is 1. The number of ether oxygens (including phenoxy) is 1. The van der Waals surface area contributed by atoms with Gasteiger partial charge in [0.25, 0.3) is 0 Å². The molecule has 0 atom stereocenters. The third-order valence-electron chi connectivity index (χ3n) is 3.80. The fourth-order valence-corrected chi connectivity index (χ4v) is 3.33. The molecule has 0 aliphatic rings. The zero-order valence-electron chi connectivity index (χ0n) is 15.4. The fourth-order valence-electron chi connectivity index (χ4n) is 2.25. The molecule has 0 spiro atoms. The van der Waals surface area contributed by atoms with Crippen LogP contribution in [0.3, 0.4) is 0 Å². The molecular formula is C20H24N2O4S. The lowest BCUT2D eigenvalue weighted by Crippen LogP contribution is -2.24. The fraction of sp³-hybridized carbons (Fsp3) is 0.250. The molecule has 2 rings (SSSR count). The monoisotopic (exact) mass is 388 g/mol. The maximum atomic E-state index is 12.1. The summed E-state index contributed by atoms with van der Waals surface area (Å²) in [4.78, 5) is 12.2. The van der Waals surface area contributed by atoms with E-state index in [9.17, 15) is 13.2 Å². The van der Waals surface area contributed by atoms with Gasteiger partial charge in [0, 0.05) is 18.3 Å². The Hall–Kier alpha value is -2.64. The average Bonchev–Trinajstić information content (AvgIpc) is 2.67. The van der Waals surface area contributed by atoms with Gasteiger partial charge in [0.15, 0.2) is 0 Å². The number of carbonyl (C=O) groups excluding carboxylic acids is 1. The van der Waals surface area contributed by atoms with Crippen LogP contribution >= 0.6 is 0 Å². The summed E-state index contributed by atoms with van der Waals surface area (Å²) in [6.07, 6.45) is 4.80. The van der Waals surface area contributed by atoms with E-state index in [-0.39, 0.29) is 10.8 Å². The van der Waals surface area contributed by atoms with Gasteiger partial charge in [-0.3, -0.25) is 4.79 Å². The Kier molecular flexibility index (Phi) is 7.57. The highest BCUT2D eigenvalue weighted by Gasteiger charge is 2.12. The number of hydrogen-bond acceptors (Lipinski definition) is 4. The first-order chi connectivity index (χ1) is 12.9. The van der Waals surface area contributed by atoms with Crippen molar-refractivity contribution < 1.29 is 17.9 Å². The summed E-state index contributed by atoms with van der Waals surface area (Å²) >= 11 is 0. The van der Waals surface area contributed by atoms with Gasteiger partial charge in [-0.05, 0) is 54.5 Å². The maximum Gasteiger partial charge on any atom is 0.248 e. The second kappa shape index (κ2) is 9.89. The molecule has 0 aliphatic carbocycles. The van der Waals surface area contributed by atoms with Crippen molar-refractivity contribution in [2.45, 2.75) is 24.7 Å². The summed E-state index contributed by atoms with van der Waals surface area (Å²) in [7, 11) is -1.92. The molecule has 0 bridgehead atoms. The highest BCUT2D eigenvalue weighted by Crippen LogP contribution is 2.15. The van der Waals surface area contributed by atoms with Crippen LogP contribution in [0.4, 0.5) is 5.69 Å². The quantitative estimate of drug-likeness (QED) is 0.509. The summed E-state index contributed by atoms with van der Waals surface area (Å²) < 4.78 is 31.9. The number of amides is 1. The lowest BCUT2D eigenvalue weighted by molar-refractivity contribution is -0.111. The van der Waals surface area contributed by atoms with E-state index in [1.807, 2.05) is 31.2 Å². The van der Waals surface area contributed by atoms with Gasteiger partial charge < -0.3 is 10.1 Å². The predicted octanol–water partition coefficient (Wildman–Crippen LogP) is 3.43. The van der Waals surface area contributed by atoms with Gasteiger partial charge in [0.2, 0.25) is 15.9 Å². The molecule has 27 heavy (non-hydrogen) atoms. The van der Waals surface area contributed by atoms with Gasteiger partial charge in [0.05, 0.1) is 12.0 Å². The average molecular weight is 388 g/mol. The Morgan fingerprint density at radius 3 is 2.33 bits per heavy atom. The Balaban J connectivity index is 1.94. The van der Waals surface area contributed by atoms with Crippen molar-refractivity contribution in [3.05, 3.63) is 60.2 Å². The van der Waals surface area contributed by atoms with E-state index in [1.165, 1.54) is 18.2 Å². The minimum Gasteiger partial charge on any atom is -0.497 e. The third-order valence-corrected chi connectivity index (χ3v) is 5.27. The van der Waals surface area contributed by atoms with Gasteiger partial charge in [-0.15, -0.1) is 0 Å². The lowest BCUT2D eigenvalue weighted by atomic mass is 10.2. The maximum absolute atomic E-state index is 12.1. The molecule has 7 heteroatoms. The number of rotatable bonds is 9. The van der Waals surface area contributed by atoms with Crippen molar-refractivity contribution in [3.63, 3.8) is 0 Å². The van der Waals surface area contributed by atoms with Crippen molar-refractivity contribution in [1.29, 1.82) is 0 Å². The number of carbonyl (C=O) groups is 1. The SMILES string of the molecule is CCCCNS(=O)(=O)c1ccc(NC(=O)/C=C/c2ccc(OC)cc2)cc1. The van der Waals surface area contributed by atoms with Crippen LogP contribution in [0.1, 0.15) is 25.3 Å². The number of nitrogens with one attached hydrogen (secondary N) is 2. The van der Waals surface area contributed by atoms with E-state index in [0.717, 1.165) is 24.2 Å². The van der Waals surface area contributed by atoms with Crippen LogP contribution in [-0.4, -0.2) is 28.0 Å². The molecule has 2 aromatic rings. The number of anilines is 1. The minimum absolute atomic E-state index is 0.172. The number of methoxy groups -OCH3 is 1. The van der Waals surface area contributed by atoms with Gasteiger partial charge in [-0.25, -0.2) is 13.1 Å². The first-order valence-corrected chi connectivity index (χ1v) is 10.2. The second-order valence-corrected chi connectivity index (χ2v) is 7.64. The Morgan fingerprint density at radius 2 is 1.74 bits per heavy atom. The van der Waals surface area contributed by atoms with Gasteiger partial charge in [0.1, 0.15) is 5.75 Å². The van der Waals surface area contributed by atoms with Crippen LogP contribution in [-0.2, 0) is 14.8 Å². The third kappa shape index (κ3) is 6.54. The molecular weight excluding hydrogens is 364 g/mol. The first kappa shape index (κ1) is 20.7. The Morgan fingerprint density at radius 1 is 1.07 bits per heavy atom. The highest BCUT2D eigenvalue weighted by molar-refractivity contribution is 7.89. The van der Waals surface area contributed by atoms with Crippen molar-refractivity contribution in [2.24, 2.45) is 0 Å². The standard InChI is InChI=1S/C20H24N2O4S/c1-3-4-15-21-27(24,25)19-12-8-17(9-13-19)22-20(23)14-7-16-5-10-18(26-2)11-6-16/h5-14,21H,3-4,15H2,1-2H3,(H,22,23)/b14-7+. The summed E-state index contributed by atoms with van der Waals surface area (Å²) in [5.74, 6) is 0.443. The molecule has 2 N–H and O–H groups in total. The van der Waals surface area contributed by atoms with Crippen LogP contribution < -0.4 is 14.8 Å². The van der Waals surface area contributed by atoms with Crippen molar-refractivity contribution in [3.8, 4) is 5.75 Å². The topological polar surface area (TPSA) is 84.5 Å². The van der Waals surface area contributed by atoms with Gasteiger partial charge in [-0.1, -0.05) is 25.5 Å². The number of benzene rings is 2. The Labute approximate surface area is 160 Å². The molecule has 2 aromatic carbocycles. The molecule has 144 valence electrons. The Bertz CT molecular complexity index is 873.